The lowest BCUT2D eigenvalue weighted by atomic mass is 9.78. The Balaban J connectivity index is 3.14. The van der Waals surface area contributed by atoms with Crippen molar-refractivity contribution in [2.75, 3.05) is 7.05 Å². The van der Waals surface area contributed by atoms with Crippen LogP contribution in [0.4, 0.5) is 4.39 Å². The summed E-state index contributed by atoms with van der Waals surface area (Å²) in [5.41, 5.74) is 0.683. The Labute approximate surface area is 102 Å². The zero-order valence-corrected chi connectivity index (χ0v) is 11.0. The van der Waals surface area contributed by atoms with E-state index in [-0.39, 0.29) is 17.3 Å². The van der Waals surface area contributed by atoms with Crippen LogP contribution >= 0.6 is 11.6 Å². The quantitative estimate of drug-likeness (QED) is 0.837. The number of rotatable bonds is 4. The maximum absolute atomic E-state index is 13.8. The Hall–Kier alpha value is -0.600. The summed E-state index contributed by atoms with van der Waals surface area (Å²) in [7, 11) is 1.86. The number of hydrogen-bond acceptors (Lipinski definition) is 1. The SMILES string of the molecule is CCC(C)(C)C(NC)c1ccc(Cl)cc1F. The fourth-order valence-electron chi connectivity index (χ4n) is 1.91. The van der Waals surface area contributed by atoms with Gasteiger partial charge in [-0.15, -0.1) is 0 Å². The minimum absolute atomic E-state index is 0.00339. The molecular formula is C13H19ClFN. The summed E-state index contributed by atoms with van der Waals surface area (Å²) in [6.45, 7) is 6.36. The molecule has 0 aliphatic heterocycles. The van der Waals surface area contributed by atoms with Crippen molar-refractivity contribution >= 4 is 11.6 Å². The average molecular weight is 244 g/mol. The molecule has 0 bridgehead atoms. The Morgan fingerprint density at radius 3 is 2.50 bits per heavy atom. The highest BCUT2D eigenvalue weighted by molar-refractivity contribution is 6.30. The van der Waals surface area contributed by atoms with E-state index in [1.807, 2.05) is 7.05 Å². The zero-order chi connectivity index (χ0) is 12.3. The van der Waals surface area contributed by atoms with Crippen LogP contribution in [0.5, 0.6) is 0 Å². The third-order valence-corrected chi connectivity index (χ3v) is 3.49. The van der Waals surface area contributed by atoms with Gasteiger partial charge < -0.3 is 5.32 Å². The fraction of sp³-hybridized carbons (Fsp3) is 0.538. The van der Waals surface area contributed by atoms with Gasteiger partial charge in [-0.05, 0) is 31.0 Å². The molecule has 0 saturated heterocycles. The van der Waals surface area contributed by atoms with Crippen LogP contribution in [0.2, 0.25) is 5.02 Å². The normalized spacial score (nSPS) is 13.9. The molecule has 1 N–H and O–H groups in total. The van der Waals surface area contributed by atoms with Crippen LogP contribution in [0.1, 0.15) is 38.8 Å². The molecule has 1 aromatic carbocycles. The summed E-state index contributed by atoms with van der Waals surface area (Å²) in [5.74, 6) is -0.242. The largest absolute Gasteiger partial charge is 0.312 e. The van der Waals surface area contributed by atoms with Gasteiger partial charge in [-0.1, -0.05) is 38.4 Å². The molecule has 1 atom stereocenters. The van der Waals surface area contributed by atoms with Gasteiger partial charge in [0.25, 0.3) is 0 Å². The average Bonchev–Trinajstić information content (AvgIpc) is 2.22. The minimum Gasteiger partial charge on any atom is -0.312 e. The zero-order valence-electron chi connectivity index (χ0n) is 10.3. The molecule has 1 aromatic rings. The number of benzene rings is 1. The molecule has 0 radical (unpaired) electrons. The first kappa shape index (κ1) is 13.5. The van der Waals surface area contributed by atoms with Gasteiger partial charge in [0, 0.05) is 16.6 Å². The molecule has 90 valence electrons. The van der Waals surface area contributed by atoms with E-state index >= 15 is 0 Å². The van der Waals surface area contributed by atoms with Crippen LogP contribution < -0.4 is 5.32 Å². The molecule has 0 spiro atoms. The highest BCUT2D eigenvalue weighted by Crippen LogP contribution is 2.37. The van der Waals surface area contributed by atoms with Gasteiger partial charge >= 0.3 is 0 Å². The summed E-state index contributed by atoms with van der Waals surface area (Å²) < 4.78 is 13.8. The van der Waals surface area contributed by atoms with E-state index in [4.69, 9.17) is 11.6 Å². The second-order valence-electron chi connectivity index (χ2n) is 4.73. The van der Waals surface area contributed by atoms with Crippen LogP contribution in [0.15, 0.2) is 18.2 Å². The predicted molar refractivity (Wildman–Crippen MR) is 67.3 cm³/mol. The van der Waals surface area contributed by atoms with Gasteiger partial charge in [-0.3, -0.25) is 0 Å². The summed E-state index contributed by atoms with van der Waals surface area (Å²) in [6, 6.07) is 4.86. The monoisotopic (exact) mass is 243 g/mol. The molecular weight excluding hydrogens is 225 g/mol. The van der Waals surface area contributed by atoms with E-state index in [2.05, 4.69) is 26.1 Å². The van der Waals surface area contributed by atoms with Crippen molar-refractivity contribution in [1.29, 1.82) is 0 Å². The maximum atomic E-state index is 13.8. The topological polar surface area (TPSA) is 12.0 Å². The van der Waals surface area contributed by atoms with E-state index in [0.29, 0.717) is 10.6 Å². The molecule has 0 heterocycles. The van der Waals surface area contributed by atoms with Crippen LogP contribution in [0, 0.1) is 11.2 Å². The Morgan fingerprint density at radius 1 is 1.44 bits per heavy atom. The highest BCUT2D eigenvalue weighted by atomic mass is 35.5. The third-order valence-electron chi connectivity index (χ3n) is 3.25. The van der Waals surface area contributed by atoms with Crippen molar-refractivity contribution in [1.82, 2.24) is 5.32 Å². The first-order valence-corrected chi connectivity index (χ1v) is 5.92. The van der Waals surface area contributed by atoms with E-state index in [1.165, 1.54) is 6.07 Å². The second kappa shape index (κ2) is 5.15. The van der Waals surface area contributed by atoms with Crippen LogP contribution in [-0.4, -0.2) is 7.05 Å². The van der Waals surface area contributed by atoms with E-state index in [1.54, 1.807) is 12.1 Å². The molecule has 0 amide bonds. The van der Waals surface area contributed by atoms with Crippen molar-refractivity contribution in [3.05, 3.63) is 34.6 Å². The lowest BCUT2D eigenvalue weighted by Gasteiger charge is -2.34. The standard InChI is InChI=1S/C13H19ClFN/c1-5-13(2,3)12(16-4)10-7-6-9(14)8-11(10)15/h6-8,12,16H,5H2,1-4H3. The Morgan fingerprint density at radius 2 is 2.06 bits per heavy atom. The van der Waals surface area contributed by atoms with Gasteiger partial charge in [0.15, 0.2) is 0 Å². The molecule has 0 aromatic heterocycles. The van der Waals surface area contributed by atoms with Crippen molar-refractivity contribution in [2.45, 2.75) is 33.2 Å². The highest BCUT2D eigenvalue weighted by Gasteiger charge is 2.29. The van der Waals surface area contributed by atoms with Gasteiger partial charge in [0.2, 0.25) is 0 Å². The summed E-state index contributed by atoms with van der Waals surface area (Å²) >= 11 is 5.75. The van der Waals surface area contributed by atoms with Crippen LogP contribution in [0.25, 0.3) is 0 Å². The summed E-state index contributed by atoms with van der Waals surface area (Å²) in [5, 5.41) is 3.62. The Bertz CT molecular complexity index is 363. The lowest BCUT2D eigenvalue weighted by Crippen LogP contribution is -2.32. The lowest BCUT2D eigenvalue weighted by molar-refractivity contribution is 0.240. The number of halogens is 2. The van der Waals surface area contributed by atoms with Gasteiger partial charge in [-0.2, -0.15) is 0 Å². The molecule has 0 fully saturated rings. The molecule has 1 nitrogen and oxygen atoms in total. The third kappa shape index (κ3) is 2.74. The smallest absolute Gasteiger partial charge is 0.129 e. The van der Waals surface area contributed by atoms with Crippen molar-refractivity contribution in [2.24, 2.45) is 5.41 Å². The van der Waals surface area contributed by atoms with E-state index in [0.717, 1.165) is 6.42 Å². The van der Waals surface area contributed by atoms with Crippen molar-refractivity contribution in [3.8, 4) is 0 Å². The summed E-state index contributed by atoms with van der Waals surface area (Å²) in [4.78, 5) is 0. The summed E-state index contributed by atoms with van der Waals surface area (Å²) in [6.07, 6.45) is 0.973. The van der Waals surface area contributed by atoms with Crippen molar-refractivity contribution in [3.63, 3.8) is 0 Å². The number of hydrogen-bond donors (Lipinski definition) is 1. The van der Waals surface area contributed by atoms with Crippen LogP contribution in [0.3, 0.4) is 0 Å². The van der Waals surface area contributed by atoms with Crippen LogP contribution in [-0.2, 0) is 0 Å². The van der Waals surface area contributed by atoms with Crippen molar-refractivity contribution < 1.29 is 4.39 Å². The van der Waals surface area contributed by atoms with E-state index in [9.17, 15) is 4.39 Å². The Kier molecular flexibility index (Phi) is 4.34. The molecule has 1 rings (SSSR count). The molecule has 0 saturated carbocycles. The first-order chi connectivity index (χ1) is 7.42. The van der Waals surface area contributed by atoms with Gasteiger partial charge in [-0.25, -0.2) is 4.39 Å². The molecule has 16 heavy (non-hydrogen) atoms. The molecule has 3 heteroatoms. The van der Waals surface area contributed by atoms with Gasteiger partial charge in [0.1, 0.15) is 5.82 Å². The first-order valence-electron chi connectivity index (χ1n) is 5.54. The second-order valence-corrected chi connectivity index (χ2v) is 5.17. The molecule has 0 aliphatic rings. The van der Waals surface area contributed by atoms with Gasteiger partial charge in [0.05, 0.1) is 0 Å². The predicted octanol–water partition coefficient (Wildman–Crippen LogP) is 4.18. The minimum atomic E-state index is -0.242. The molecule has 1 unspecified atom stereocenters. The maximum Gasteiger partial charge on any atom is 0.129 e. The van der Waals surface area contributed by atoms with E-state index < -0.39 is 0 Å². The fourth-order valence-corrected chi connectivity index (χ4v) is 2.07. The molecule has 0 aliphatic carbocycles. The number of nitrogens with one attached hydrogen (secondary N) is 1.